The second-order valence-corrected chi connectivity index (χ2v) is 5.04. The van der Waals surface area contributed by atoms with E-state index in [1.807, 2.05) is 13.8 Å². The molecule has 0 aromatic heterocycles. The van der Waals surface area contributed by atoms with Gasteiger partial charge in [-0.3, -0.25) is 9.69 Å². The molecule has 100 valence electrons. The summed E-state index contributed by atoms with van der Waals surface area (Å²) in [5.41, 5.74) is 4.86. The fourth-order valence-corrected chi connectivity index (χ4v) is 2.10. The molecule has 17 heavy (non-hydrogen) atoms. The molecule has 1 fully saturated rings. The predicted molar refractivity (Wildman–Crippen MR) is 67.7 cm³/mol. The van der Waals surface area contributed by atoms with Crippen LogP contribution in [0.1, 0.15) is 27.2 Å². The van der Waals surface area contributed by atoms with Crippen LogP contribution in [0.25, 0.3) is 0 Å². The number of hydrogen-bond donors (Lipinski definition) is 2. The summed E-state index contributed by atoms with van der Waals surface area (Å²) in [4.78, 5) is 13.8. The van der Waals surface area contributed by atoms with Crippen LogP contribution >= 0.6 is 0 Å². The zero-order valence-electron chi connectivity index (χ0n) is 11.2. The first-order valence-corrected chi connectivity index (χ1v) is 6.37. The van der Waals surface area contributed by atoms with Gasteiger partial charge >= 0.3 is 0 Å². The third-order valence-electron chi connectivity index (χ3n) is 3.17. The number of nitrogens with one attached hydrogen (secondary N) is 1. The molecule has 1 rings (SSSR count). The molecular weight excluding hydrogens is 218 g/mol. The molecule has 5 heteroatoms. The van der Waals surface area contributed by atoms with Crippen molar-refractivity contribution in [3.05, 3.63) is 0 Å². The van der Waals surface area contributed by atoms with Crippen LogP contribution in [0.4, 0.5) is 0 Å². The summed E-state index contributed by atoms with van der Waals surface area (Å²) in [6, 6.07) is 0. The summed E-state index contributed by atoms with van der Waals surface area (Å²) in [7, 11) is 0. The lowest BCUT2D eigenvalue weighted by Gasteiger charge is -2.37. The molecule has 3 N–H and O–H groups in total. The molecule has 1 aliphatic rings. The minimum atomic E-state index is -0.646. The molecule has 1 heterocycles. The second kappa shape index (κ2) is 6.33. The van der Waals surface area contributed by atoms with Gasteiger partial charge in [0.05, 0.1) is 12.7 Å². The molecule has 0 spiro atoms. The van der Waals surface area contributed by atoms with Crippen LogP contribution in [0.3, 0.4) is 0 Å². The van der Waals surface area contributed by atoms with E-state index in [-0.39, 0.29) is 12.0 Å². The van der Waals surface area contributed by atoms with Gasteiger partial charge in [0.1, 0.15) is 5.54 Å². The second-order valence-electron chi connectivity index (χ2n) is 5.04. The summed E-state index contributed by atoms with van der Waals surface area (Å²) < 4.78 is 5.49. The van der Waals surface area contributed by atoms with Gasteiger partial charge in [0.15, 0.2) is 0 Å². The van der Waals surface area contributed by atoms with Crippen LogP contribution < -0.4 is 11.1 Å². The van der Waals surface area contributed by atoms with Crippen LogP contribution in [-0.2, 0) is 9.53 Å². The molecule has 0 aromatic rings. The molecular formula is C12H25N3O2. The smallest absolute Gasteiger partial charge is 0.238 e. The number of rotatable bonds is 6. The molecule has 5 nitrogen and oxygen atoms in total. The topological polar surface area (TPSA) is 67.6 Å². The monoisotopic (exact) mass is 243 g/mol. The Bertz CT molecular complexity index is 260. The fraction of sp³-hybridized carbons (Fsp3) is 0.917. The highest BCUT2D eigenvalue weighted by atomic mass is 16.5. The number of ether oxygens (including phenoxy) is 1. The van der Waals surface area contributed by atoms with Crippen molar-refractivity contribution in [2.24, 2.45) is 5.73 Å². The molecule has 0 aromatic carbocycles. The van der Waals surface area contributed by atoms with E-state index in [0.29, 0.717) is 6.54 Å². The number of morpholine rings is 1. The molecule has 1 amide bonds. The Hall–Kier alpha value is -0.650. The predicted octanol–water partition coefficient (Wildman–Crippen LogP) is -0.0493. The van der Waals surface area contributed by atoms with Crippen molar-refractivity contribution < 1.29 is 9.53 Å². The van der Waals surface area contributed by atoms with Gasteiger partial charge in [-0.15, -0.1) is 0 Å². The highest BCUT2D eigenvalue weighted by Gasteiger charge is 2.33. The van der Waals surface area contributed by atoms with Crippen molar-refractivity contribution in [3.8, 4) is 0 Å². The van der Waals surface area contributed by atoms with Crippen LogP contribution in [0.5, 0.6) is 0 Å². The minimum Gasteiger partial charge on any atom is -0.376 e. The van der Waals surface area contributed by atoms with Crippen molar-refractivity contribution in [1.82, 2.24) is 10.2 Å². The lowest BCUT2D eigenvalue weighted by Crippen LogP contribution is -2.61. The lowest BCUT2D eigenvalue weighted by molar-refractivity contribution is -0.125. The quantitative estimate of drug-likeness (QED) is 0.686. The first-order chi connectivity index (χ1) is 7.98. The zero-order chi connectivity index (χ0) is 12.9. The summed E-state index contributed by atoms with van der Waals surface area (Å²) in [6.07, 6.45) is 1.22. The molecule has 0 bridgehead atoms. The highest BCUT2D eigenvalue weighted by Crippen LogP contribution is 2.11. The van der Waals surface area contributed by atoms with Crippen molar-refractivity contribution in [2.45, 2.75) is 38.8 Å². The SMILES string of the molecule is CCCNC(C)(CN1CCOC(C)C1)C(N)=O. The van der Waals surface area contributed by atoms with E-state index in [9.17, 15) is 4.79 Å². The lowest BCUT2D eigenvalue weighted by atomic mass is 10.00. The maximum Gasteiger partial charge on any atom is 0.238 e. The third kappa shape index (κ3) is 4.26. The number of hydrogen-bond acceptors (Lipinski definition) is 4. The van der Waals surface area contributed by atoms with Crippen LogP contribution in [0.2, 0.25) is 0 Å². The number of nitrogens with two attached hydrogens (primary N) is 1. The fourth-order valence-electron chi connectivity index (χ4n) is 2.10. The first-order valence-electron chi connectivity index (χ1n) is 6.37. The maximum atomic E-state index is 11.6. The van der Waals surface area contributed by atoms with Crippen molar-refractivity contribution in [1.29, 1.82) is 0 Å². The number of carbonyl (C=O) groups is 1. The van der Waals surface area contributed by atoms with Gasteiger partial charge in [0, 0.05) is 19.6 Å². The minimum absolute atomic E-state index is 0.229. The molecule has 1 saturated heterocycles. The van der Waals surface area contributed by atoms with Crippen molar-refractivity contribution >= 4 is 5.91 Å². The number of carbonyl (C=O) groups excluding carboxylic acids is 1. The van der Waals surface area contributed by atoms with Crippen LogP contribution in [-0.4, -0.2) is 55.2 Å². The van der Waals surface area contributed by atoms with Crippen molar-refractivity contribution in [2.75, 3.05) is 32.8 Å². The average Bonchev–Trinajstić information content (AvgIpc) is 2.26. The van der Waals surface area contributed by atoms with Gasteiger partial charge in [-0.1, -0.05) is 6.92 Å². The van der Waals surface area contributed by atoms with Crippen molar-refractivity contribution in [3.63, 3.8) is 0 Å². The molecule has 2 atom stereocenters. The van der Waals surface area contributed by atoms with Gasteiger partial charge < -0.3 is 15.8 Å². The Labute approximate surface area is 104 Å². The molecule has 2 unspecified atom stereocenters. The van der Waals surface area contributed by atoms with Gasteiger partial charge in [-0.05, 0) is 26.8 Å². The summed E-state index contributed by atoms with van der Waals surface area (Å²) in [5.74, 6) is -0.287. The molecule has 0 saturated carbocycles. The van der Waals surface area contributed by atoms with E-state index < -0.39 is 5.54 Å². The maximum absolute atomic E-state index is 11.6. The molecule has 0 aliphatic carbocycles. The zero-order valence-corrected chi connectivity index (χ0v) is 11.2. The number of nitrogens with zero attached hydrogens (tertiary/aromatic N) is 1. The summed E-state index contributed by atoms with van der Waals surface area (Å²) in [5, 5.41) is 3.25. The van der Waals surface area contributed by atoms with Crippen LogP contribution in [0.15, 0.2) is 0 Å². The Kier molecular flexibility index (Phi) is 5.36. The van der Waals surface area contributed by atoms with Gasteiger partial charge in [-0.25, -0.2) is 0 Å². The normalized spacial score (nSPS) is 25.5. The highest BCUT2D eigenvalue weighted by molar-refractivity contribution is 5.84. The van der Waals surface area contributed by atoms with E-state index in [1.54, 1.807) is 0 Å². The molecule has 1 aliphatic heterocycles. The molecule has 0 radical (unpaired) electrons. The summed E-state index contributed by atoms with van der Waals surface area (Å²) in [6.45, 7) is 9.90. The van der Waals surface area contributed by atoms with E-state index in [2.05, 4.69) is 17.1 Å². The van der Waals surface area contributed by atoms with Gasteiger partial charge in [0.2, 0.25) is 5.91 Å². The first kappa shape index (κ1) is 14.4. The van der Waals surface area contributed by atoms with E-state index >= 15 is 0 Å². The van der Waals surface area contributed by atoms with E-state index in [4.69, 9.17) is 10.5 Å². The Morgan fingerprint density at radius 2 is 2.35 bits per heavy atom. The largest absolute Gasteiger partial charge is 0.376 e. The Morgan fingerprint density at radius 1 is 1.65 bits per heavy atom. The third-order valence-corrected chi connectivity index (χ3v) is 3.17. The standard InChI is InChI=1S/C12H25N3O2/c1-4-5-14-12(3,11(13)16)9-15-6-7-17-10(2)8-15/h10,14H,4-9H2,1-3H3,(H2,13,16). The Morgan fingerprint density at radius 3 is 2.88 bits per heavy atom. The van der Waals surface area contributed by atoms with E-state index in [1.165, 1.54) is 0 Å². The average molecular weight is 243 g/mol. The van der Waals surface area contributed by atoms with Gasteiger partial charge in [0.25, 0.3) is 0 Å². The number of amides is 1. The van der Waals surface area contributed by atoms with E-state index in [0.717, 1.165) is 32.7 Å². The summed E-state index contributed by atoms with van der Waals surface area (Å²) >= 11 is 0. The Balaban J connectivity index is 2.56. The number of primary amides is 1. The van der Waals surface area contributed by atoms with Gasteiger partial charge in [-0.2, -0.15) is 0 Å². The van der Waals surface area contributed by atoms with Crippen LogP contribution in [0, 0.1) is 0 Å².